The Hall–Kier alpha value is -2.63. The van der Waals surface area contributed by atoms with Crippen molar-refractivity contribution in [2.24, 2.45) is 0 Å². The lowest BCUT2D eigenvalue weighted by Crippen LogP contribution is -2.23. The monoisotopic (exact) mass is 258 g/mol. The first-order valence-electron chi connectivity index (χ1n) is 5.76. The Kier molecular flexibility index (Phi) is 4.28. The molecule has 0 atom stereocenters. The summed E-state index contributed by atoms with van der Waals surface area (Å²) in [6, 6.07) is 6.89. The van der Waals surface area contributed by atoms with Gasteiger partial charge >= 0.3 is 0 Å². The molecule has 0 aliphatic rings. The van der Waals surface area contributed by atoms with E-state index in [1.807, 2.05) is 0 Å². The number of amides is 1. The lowest BCUT2D eigenvalue weighted by molar-refractivity contribution is 0.0950. The van der Waals surface area contributed by atoms with Crippen molar-refractivity contribution in [3.05, 3.63) is 54.6 Å². The molecule has 6 heteroatoms. The van der Waals surface area contributed by atoms with Crippen LogP contribution < -0.4 is 10.1 Å². The third-order valence-corrected chi connectivity index (χ3v) is 2.37. The van der Waals surface area contributed by atoms with E-state index in [1.165, 1.54) is 6.33 Å². The number of hydrogen-bond acceptors (Lipinski definition) is 4. The van der Waals surface area contributed by atoms with Gasteiger partial charge in [-0.2, -0.15) is 5.10 Å². The predicted molar refractivity (Wildman–Crippen MR) is 69.7 cm³/mol. The molecule has 0 aliphatic carbocycles. The Morgan fingerprint density at radius 3 is 2.84 bits per heavy atom. The van der Waals surface area contributed by atoms with E-state index in [4.69, 9.17) is 4.74 Å². The summed E-state index contributed by atoms with van der Waals surface area (Å²) in [6.45, 7) is 4.32. The highest BCUT2D eigenvalue weighted by Gasteiger charge is 2.06. The second-order valence-corrected chi connectivity index (χ2v) is 3.74. The minimum atomic E-state index is -0.174. The lowest BCUT2D eigenvalue weighted by atomic mass is 10.2. The number of aromatic amines is 1. The van der Waals surface area contributed by atoms with E-state index in [9.17, 15) is 4.79 Å². The van der Waals surface area contributed by atoms with Crippen LogP contribution in [0.5, 0.6) is 5.75 Å². The first kappa shape index (κ1) is 12.8. The molecule has 0 saturated heterocycles. The van der Waals surface area contributed by atoms with Gasteiger partial charge in [0.15, 0.2) is 0 Å². The minimum absolute atomic E-state index is 0.174. The molecule has 2 rings (SSSR count). The zero-order chi connectivity index (χ0) is 13.5. The van der Waals surface area contributed by atoms with Crippen molar-refractivity contribution in [2.45, 2.75) is 6.54 Å². The third kappa shape index (κ3) is 3.67. The molecule has 0 spiro atoms. The third-order valence-electron chi connectivity index (χ3n) is 2.37. The smallest absolute Gasteiger partial charge is 0.251 e. The summed E-state index contributed by atoms with van der Waals surface area (Å²) in [5.41, 5.74) is 0.561. The molecule has 2 N–H and O–H groups in total. The Morgan fingerprint density at radius 2 is 2.21 bits per heavy atom. The average Bonchev–Trinajstić information content (AvgIpc) is 2.96. The molecule has 19 heavy (non-hydrogen) atoms. The van der Waals surface area contributed by atoms with E-state index < -0.39 is 0 Å². The zero-order valence-corrected chi connectivity index (χ0v) is 10.3. The van der Waals surface area contributed by atoms with E-state index in [1.54, 1.807) is 30.3 Å². The molecule has 1 aromatic heterocycles. The quantitative estimate of drug-likeness (QED) is 0.765. The number of carbonyl (C=O) groups is 1. The number of rotatable bonds is 6. The van der Waals surface area contributed by atoms with Crippen molar-refractivity contribution < 1.29 is 9.53 Å². The summed E-state index contributed by atoms with van der Waals surface area (Å²) in [6.07, 6.45) is 3.06. The van der Waals surface area contributed by atoms with Crippen LogP contribution in [0.15, 0.2) is 43.2 Å². The maximum Gasteiger partial charge on any atom is 0.251 e. The number of benzene rings is 1. The van der Waals surface area contributed by atoms with Crippen LogP contribution in [0.3, 0.4) is 0 Å². The van der Waals surface area contributed by atoms with E-state index in [2.05, 4.69) is 27.1 Å². The van der Waals surface area contributed by atoms with E-state index in [0.717, 1.165) is 0 Å². The molecule has 0 fully saturated rings. The van der Waals surface area contributed by atoms with Gasteiger partial charge < -0.3 is 10.1 Å². The fourth-order valence-corrected chi connectivity index (χ4v) is 1.44. The van der Waals surface area contributed by atoms with Gasteiger partial charge in [0.05, 0.1) is 6.54 Å². The summed E-state index contributed by atoms with van der Waals surface area (Å²) in [5.74, 6) is 1.14. The molecule has 0 unspecified atom stereocenters. The Bertz CT molecular complexity index is 534. The largest absolute Gasteiger partial charge is 0.490 e. The topological polar surface area (TPSA) is 79.9 Å². The highest BCUT2D eigenvalue weighted by atomic mass is 16.5. The van der Waals surface area contributed by atoms with Crippen molar-refractivity contribution in [3.63, 3.8) is 0 Å². The second kappa shape index (κ2) is 6.34. The molecule has 6 nitrogen and oxygen atoms in total. The molecule has 1 amide bonds. The fourth-order valence-electron chi connectivity index (χ4n) is 1.44. The Balaban J connectivity index is 1.90. The molecule has 0 radical (unpaired) electrons. The number of carbonyl (C=O) groups excluding carboxylic acids is 1. The fraction of sp³-hybridized carbons (Fsp3) is 0.154. The summed E-state index contributed by atoms with van der Waals surface area (Å²) in [5, 5.41) is 9.11. The maximum absolute atomic E-state index is 11.8. The lowest BCUT2D eigenvalue weighted by Gasteiger charge is -2.05. The van der Waals surface area contributed by atoms with Gasteiger partial charge in [0.2, 0.25) is 0 Å². The maximum atomic E-state index is 11.8. The summed E-state index contributed by atoms with van der Waals surface area (Å²) in [4.78, 5) is 15.8. The van der Waals surface area contributed by atoms with Gasteiger partial charge in [-0.1, -0.05) is 12.7 Å². The molecule has 0 aliphatic heterocycles. The molecule has 0 saturated carbocycles. The van der Waals surface area contributed by atoms with Crippen molar-refractivity contribution in [1.82, 2.24) is 20.5 Å². The number of nitrogens with zero attached hydrogens (tertiary/aromatic N) is 2. The van der Waals surface area contributed by atoms with Crippen LogP contribution in [-0.4, -0.2) is 27.7 Å². The van der Waals surface area contributed by atoms with Crippen molar-refractivity contribution in [2.75, 3.05) is 6.61 Å². The molecular formula is C13H14N4O2. The summed E-state index contributed by atoms with van der Waals surface area (Å²) < 4.78 is 5.34. The van der Waals surface area contributed by atoms with Crippen LogP contribution in [0.25, 0.3) is 0 Å². The Labute approximate surface area is 110 Å². The molecule has 98 valence electrons. The van der Waals surface area contributed by atoms with Crippen molar-refractivity contribution >= 4 is 5.91 Å². The SMILES string of the molecule is C=CCOc1ccc(C(=O)NCc2ncn[nH]2)cc1. The van der Waals surface area contributed by atoms with Gasteiger partial charge in [-0.15, -0.1) is 0 Å². The number of aromatic nitrogens is 3. The highest BCUT2D eigenvalue weighted by Crippen LogP contribution is 2.12. The van der Waals surface area contributed by atoms with Crippen LogP contribution in [0.1, 0.15) is 16.2 Å². The van der Waals surface area contributed by atoms with Crippen LogP contribution >= 0.6 is 0 Å². The molecule has 1 heterocycles. The van der Waals surface area contributed by atoms with E-state index in [0.29, 0.717) is 30.3 Å². The van der Waals surface area contributed by atoms with Crippen molar-refractivity contribution in [3.8, 4) is 5.75 Å². The predicted octanol–water partition coefficient (Wildman–Crippen LogP) is 1.30. The first-order valence-corrected chi connectivity index (χ1v) is 5.76. The first-order chi connectivity index (χ1) is 9.29. The van der Waals surface area contributed by atoms with Crippen LogP contribution in [0, 0.1) is 0 Å². The number of ether oxygens (including phenoxy) is 1. The Morgan fingerprint density at radius 1 is 1.42 bits per heavy atom. The average molecular weight is 258 g/mol. The summed E-state index contributed by atoms with van der Waals surface area (Å²) >= 11 is 0. The molecule has 0 bridgehead atoms. The van der Waals surface area contributed by atoms with Gasteiger partial charge in [-0.3, -0.25) is 9.89 Å². The molecule has 2 aromatic rings. The van der Waals surface area contributed by atoms with Gasteiger partial charge in [0.1, 0.15) is 24.5 Å². The van der Waals surface area contributed by atoms with E-state index in [-0.39, 0.29) is 5.91 Å². The van der Waals surface area contributed by atoms with Crippen LogP contribution in [0.4, 0.5) is 0 Å². The highest BCUT2D eigenvalue weighted by molar-refractivity contribution is 5.94. The standard InChI is InChI=1S/C13H14N4O2/c1-2-7-19-11-5-3-10(4-6-11)13(18)14-8-12-15-9-16-17-12/h2-6,9H,1,7-8H2,(H,14,18)(H,15,16,17). The normalized spacial score (nSPS) is 9.89. The summed E-state index contributed by atoms with van der Waals surface area (Å²) in [7, 11) is 0. The minimum Gasteiger partial charge on any atom is -0.490 e. The van der Waals surface area contributed by atoms with Crippen molar-refractivity contribution in [1.29, 1.82) is 0 Å². The van der Waals surface area contributed by atoms with E-state index >= 15 is 0 Å². The van der Waals surface area contributed by atoms with Gasteiger partial charge in [-0.25, -0.2) is 4.98 Å². The van der Waals surface area contributed by atoms with Gasteiger partial charge in [0.25, 0.3) is 5.91 Å². The number of hydrogen-bond donors (Lipinski definition) is 2. The molecular weight excluding hydrogens is 244 g/mol. The van der Waals surface area contributed by atoms with Crippen LogP contribution in [-0.2, 0) is 6.54 Å². The second-order valence-electron chi connectivity index (χ2n) is 3.74. The van der Waals surface area contributed by atoms with Gasteiger partial charge in [0, 0.05) is 5.56 Å². The van der Waals surface area contributed by atoms with Gasteiger partial charge in [-0.05, 0) is 24.3 Å². The zero-order valence-electron chi connectivity index (χ0n) is 10.3. The van der Waals surface area contributed by atoms with Crippen LogP contribution in [0.2, 0.25) is 0 Å². The molecule has 1 aromatic carbocycles. The number of H-pyrrole nitrogens is 1. The number of nitrogens with one attached hydrogen (secondary N) is 2.